The van der Waals surface area contributed by atoms with Crippen LogP contribution in [0.3, 0.4) is 0 Å². The molecule has 0 atom stereocenters. The van der Waals surface area contributed by atoms with Gasteiger partial charge in [-0.05, 0) is 39.9 Å². The molecule has 0 aromatic carbocycles. The molecule has 4 heteroatoms. The fraction of sp³-hybridized carbons (Fsp3) is 0.538. The van der Waals surface area contributed by atoms with Gasteiger partial charge in [0, 0.05) is 0 Å². The highest BCUT2D eigenvalue weighted by atomic mass is 32.2. The van der Waals surface area contributed by atoms with Crippen molar-refractivity contribution in [1.29, 1.82) is 0 Å². The highest BCUT2D eigenvalue weighted by Gasteiger charge is 2.30. The Morgan fingerprint density at radius 3 is 2.12 bits per heavy atom. The Hall–Kier alpha value is -0.870. The molecule has 0 unspecified atom stereocenters. The summed E-state index contributed by atoms with van der Waals surface area (Å²) in [6, 6.07) is 0. The number of hydrogen-bond donors (Lipinski definition) is 0. The lowest BCUT2D eigenvalue weighted by Crippen LogP contribution is -2.37. The van der Waals surface area contributed by atoms with E-state index in [0.717, 1.165) is 25.9 Å². The van der Waals surface area contributed by atoms with Gasteiger partial charge in [-0.15, -0.1) is 13.2 Å². The zero-order valence-corrected chi connectivity index (χ0v) is 11.7. The Morgan fingerprint density at radius 1 is 1.29 bits per heavy atom. The van der Waals surface area contributed by atoms with Crippen LogP contribution in [0.1, 0.15) is 19.8 Å². The van der Waals surface area contributed by atoms with Crippen molar-refractivity contribution in [2.75, 3.05) is 20.1 Å². The molecule has 1 saturated heterocycles. The van der Waals surface area contributed by atoms with Crippen LogP contribution in [-0.2, 0) is 9.84 Å². The van der Waals surface area contributed by atoms with E-state index in [-0.39, 0.29) is 5.25 Å². The summed E-state index contributed by atoms with van der Waals surface area (Å²) in [6.45, 7) is 13.0. The minimum Gasteiger partial charge on any atom is -0.306 e. The Balaban J connectivity index is 0.00000121. The van der Waals surface area contributed by atoms with E-state index in [1.807, 2.05) is 7.05 Å². The van der Waals surface area contributed by atoms with E-state index in [2.05, 4.69) is 24.6 Å². The van der Waals surface area contributed by atoms with E-state index in [4.69, 9.17) is 0 Å². The molecule has 0 saturated carbocycles. The average Bonchev–Trinajstić information content (AvgIpc) is 2.33. The third kappa shape index (κ3) is 4.13. The molecule has 0 spiro atoms. The topological polar surface area (TPSA) is 37.4 Å². The summed E-state index contributed by atoms with van der Waals surface area (Å²) in [6.07, 6.45) is 4.52. The molecule has 0 aliphatic carbocycles. The van der Waals surface area contributed by atoms with E-state index >= 15 is 0 Å². The summed E-state index contributed by atoms with van der Waals surface area (Å²) in [7, 11) is -1.11. The second kappa shape index (κ2) is 7.45. The lowest BCUT2D eigenvalue weighted by Gasteiger charge is -2.28. The minimum absolute atomic E-state index is 0.224. The number of rotatable bonds is 3. The zero-order valence-electron chi connectivity index (χ0n) is 10.9. The largest absolute Gasteiger partial charge is 0.306 e. The smallest absolute Gasteiger partial charge is 0.180 e. The van der Waals surface area contributed by atoms with Crippen LogP contribution in [0.5, 0.6) is 0 Å². The van der Waals surface area contributed by atoms with Gasteiger partial charge in [0.25, 0.3) is 0 Å². The van der Waals surface area contributed by atoms with Crippen molar-refractivity contribution in [3.8, 4) is 0 Å². The molecule has 3 nitrogen and oxygen atoms in total. The van der Waals surface area contributed by atoms with Crippen molar-refractivity contribution in [1.82, 2.24) is 4.90 Å². The van der Waals surface area contributed by atoms with Crippen LogP contribution in [0.15, 0.2) is 36.8 Å². The van der Waals surface area contributed by atoms with Crippen LogP contribution >= 0.6 is 0 Å². The van der Waals surface area contributed by atoms with Crippen LogP contribution in [0, 0.1) is 0 Å². The second-order valence-corrected chi connectivity index (χ2v) is 6.17. The summed E-state index contributed by atoms with van der Waals surface area (Å²) < 4.78 is 24.2. The SMILES string of the molecule is C=C.C=C/C(=C\C)S(=O)(=O)C1CCN(C)CC1. The molecule has 1 aliphatic heterocycles. The molecule has 0 aromatic heterocycles. The maximum absolute atomic E-state index is 12.1. The van der Waals surface area contributed by atoms with Gasteiger partial charge >= 0.3 is 0 Å². The monoisotopic (exact) mass is 257 g/mol. The molecule has 0 aromatic rings. The van der Waals surface area contributed by atoms with Gasteiger partial charge in [-0.2, -0.15) is 0 Å². The highest BCUT2D eigenvalue weighted by Crippen LogP contribution is 2.23. The van der Waals surface area contributed by atoms with Crippen molar-refractivity contribution in [2.24, 2.45) is 0 Å². The fourth-order valence-electron chi connectivity index (χ4n) is 1.89. The molecule has 0 radical (unpaired) electrons. The van der Waals surface area contributed by atoms with E-state index in [9.17, 15) is 8.42 Å². The number of hydrogen-bond acceptors (Lipinski definition) is 3. The summed E-state index contributed by atoms with van der Waals surface area (Å²) in [5.41, 5.74) is 0. The van der Waals surface area contributed by atoms with Gasteiger partial charge < -0.3 is 4.90 Å². The summed E-state index contributed by atoms with van der Waals surface area (Å²) in [5, 5.41) is -0.224. The van der Waals surface area contributed by atoms with Gasteiger partial charge in [0.2, 0.25) is 0 Å². The average molecular weight is 257 g/mol. The van der Waals surface area contributed by atoms with Crippen molar-refractivity contribution >= 4 is 9.84 Å². The summed E-state index contributed by atoms with van der Waals surface area (Å²) in [5.74, 6) is 0. The van der Waals surface area contributed by atoms with Crippen LogP contribution in [0.4, 0.5) is 0 Å². The van der Waals surface area contributed by atoms with Gasteiger partial charge in [0.15, 0.2) is 9.84 Å². The van der Waals surface area contributed by atoms with Gasteiger partial charge in [-0.25, -0.2) is 8.42 Å². The lowest BCUT2D eigenvalue weighted by molar-refractivity contribution is 0.278. The molecular weight excluding hydrogens is 234 g/mol. The Labute approximate surface area is 105 Å². The minimum atomic E-state index is -3.13. The predicted octanol–water partition coefficient (Wildman–Crippen LogP) is 2.39. The molecule has 0 bridgehead atoms. The van der Waals surface area contributed by atoms with Crippen LogP contribution in [0.2, 0.25) is 0 Å². The summed E-state index contributed by atoms with van der Waals surface area (Å²) in [4.78, 5) is 2.53. The molecule has 0 N–H and O–H groups in total. The molecule has 1 fully saturated rings. The van der Waals surface area contributed by atoms with Gasteiger partial charge in [-0.1, -0.05) is 18.7 Å². The van der Waals surface area contributed by atoms with Gasteiger partial charge in [0.05, 0.1) is 10.2 Å². The molecule has 1 aliphatic rings. The number of allylic oxidation sites excluding steroid dienone is 2. The molecule has 0 amide bonds. The predicted molar refractivity (Wildman–Crippen MR) is 74.6 cm³/mol. The lowest BCUT2D eigenvalue weighted by atomic mass is 10.1. The number of sulfone groups is 1. The van der Waals surface area contributed by atoms with Crippen LogP contribution in [-0.4, -0.2) is 38.7 Å². The number of nitrogens with zero attached hydrogens (tertiary/aromatic N) is 1. The van der Waals surface area contributed by atoms with E-state index in [1.54, 1.807) is 13.0 Å². The third-order valence-electron chi connectivity index (χ3n) is 2.92. The first-order valence-corrected chi connectivity index (χ1v) is 7.28. The zero-order chi connectivity index (χ0) is 13.5. The number of piperidine rings is 1. The van der Waals surface area contributed by atoms with E-state index in [1.165, 1.54) is 6.08 Å². The number of likely N-dealkylation sites (tertiary alicyclic amines) is 1. The molecule has 98 valence electrons. The highest BCUT2D eigenvalue weighted by molar-refractivity contribution is 7.96. The molecule has 1 heterocycles. The van der Waals surface area contributed by atoms with Crippen LogP contribution < -0.4 is 0 Å². The first kappa shape index (κ1) is 16.1. The molecule has 1 rings (SSSR count). The second-order valence-electron chi connectivity index (χ2n) is 3.94. The van der Waals surface area contributed by atoms with Gasteiger partial charge in [-0.3, -0.25) is 0 Å². The van der Waals surface area contributed by atoms with Crippen molar-refractivity contribution in [3.63, 3.8) is 0 Å². The normalized spacial score (nSPS) is 19.3. The Morgan fingerprint density at radius 2 is 1.76 bits per heavy atom. The first-order chi connectivity index (χ1) is 8.02. The maximum Gasteiger partial charge on any atom is 0.180 e. The van der Waals surface area contributed by atoms with E-state index < -0.39 is 9.84 Å². The van der Waals surface area contributed by atoms with Gasteiger partial charge in [0.1, 0.15) is 0 Å². The molecular formula is C13H23NO2S. The van der Waals surface area contributed by atoms with Crippen molar-refractivity contribution in [3.05, 3.63) is 36.8 Å². The van der Waals surface area contributed by atoms with Crippen molar-refractivity contribution < 1.29 is 8.42 Å². The fourth-order valence-corrected chi connectivity index (χ4v) is 3.66. The standard InChI is InChI=1S/C11H19NO2S.C2H4/c1-4-10(5-2)15(13,14)11-6-8-12(3)9-7-11;1-2/h4-5,11H,1,6-9H2,2-3H3;1-2H2/b10-5+;. The molecule has 17 heavy (non-hydrogen) atoms. The van der Waals surface area contributed by atoms with Crippen molar-refractivity contribution in [2.45, 2.75) is 25.0 Å². The Bertz CT molecular complexity index is 363. The Kier molecular flexibility index (Phi) is 7.07. The van der Waals surface area contributed by atoms with E-state index in [0.29, 0.717) is 4.91 Å². The van der Waals surface area contributed by atoms with Crippen LogP contribution in [0.25, 0.3) is 0 Å². The third-order valence-corrected chi connectivity index (χ3v) is 5.33. The summed E-state index contributed by atoms with van der Waals surface area (Å²) >= 11 is 0. The first-order valence-electron chi connectivity index (χ1n) is 5.73. The quantitative estimate of drug-likeness (QED) is 0.575. The maximum atomic E-state index is 12.1.